The third-order valence-electron chi connectivity index (χ3n) is 4.10. The van der Waals surface area contributed by atoms with Crippen molar-refractivity contribution in [3.8, 4) is 0 Å². The van der Waals surface area contributed by atoms with E-state index in [1.807, 2.05) is 19.1 Å². The van der Waals surface area contributed by atoms with Crippen LogP contribution in [0.1, 0.15) is 33.7 Å². The number of ketones is 1. The number of carboxylic acid groups (broad SMARTS) is 2. The Bertz CT molecular complexity index is 888. The Kier molecular flexibility index (Phi) is 8.87. The van der Waals surface area contributed by atoms with E-state index < -0.39 is 30.3 Å². The van der Waals surface area contributed by atoms with Crippen LogP contribution in [-0.4, -0.2) is 72.0 Å². The smallest absolute Gasteiger partial charge is 0.550 e. The molecule has 0 saturated heterocycles. The maximum atomic E-state index is 12.6. The van der Waals surface area contributed by atoms with Gasteiger partial charge in [0.15, 0.2) is 0 Å². The molecule has 1 aromatic carbocycles. The van der Waals surface area contributed by atoms with Crippen LogP contribution in [-0.2, 0) is 27.9 Å². The van der Waals surface area contributed by atoms with Crippen molar-refractivity contribution in [1.82, 2.24) is 9.88 Å². The van der Waals surface area contributed by atoms with E-state index >= 15 is 0 Å². The standard InChI is InChI=1S/C19H20N2O6.Ca/c1-11-3-5-12(6-4-11)18(25)15-8-7-13(21(15)2)9-16(22)20-14(19(26)27)10-17(23)24;/h3-8,14H,9-10H2,1-2H3,(H,20,22)(H,23,24)(H,26,27);/q;+2/p-2/t14-;/m0./s1. The van der Waals surface area contributed by atoms with Crippen molar-refractivity contribution in [1.29, 1.82) is 0 Å². The average Bonchev–Trinajstić information content (AvgIpc) is 2.94. The second-order valence-corrected chi connectivity index (χ2v) is 6.16. The summed E-state index contributed by atoms with van der Waals surface area (Å²) in [6, 6.07) is 8.53. The number of hydrogen-bond donors (Lipinski definition) is 1. The minimum absolute atomic E-state index is 0. The van der Waals surface area contributed by atoms with Crippen LogP contribution in [0, 0.1) is 6.92 Å². The van der Waals surface area contributed by atoms with Gasteiger partial charge >= 0.3 is 37.7 Å². The fourth-order valence-electron chi connectivity index (χ4n) is 2.58. The normalized spacial score (nSPS) is 11.2. The molecule has 0 unspecified atom stereocenters. The molecule has 1 aromatic heterocycles. The molecule has 0 saturated carbocycles. The predicted molar refractivity (Wildman–Crippen MR) is 96.0 cm³/mol. The molecule has 1 heterocycles. The summed E-state index contributed by atoms with van der Waals surface area (Å²) in [6.45, 7) is 1.91. The number of benzene rings is 1. The summed E-state index contributed by atoms with van der Waals surface area (Å²) in [5, 5.41) is 23.5. The second-order valence-electron chi connectivity index (χ2n) is 6.16. The molecule has 8 nitrogen and oxygen atoms in total. The van der Waals surface area contributed by atoms with Crippen molar-refractivity contribution >= 4 is 61.4 Å². The van der Waals surface area contributed by atoms with Crippen LogP contribution in [0.15, 0.2) is 36.4 Å². The van der Waals surface area contributed by atoms with Gasteiger partial charge in [-0.2, -0.15) is 0 Å². The van der Waals surface area contributed by atoms with Gasteiger partial charge in [-0.15, -0.1) is 0 Å². The van der Waals surface area contributed by atoms with Gasteiger partial charge in [-0.1, -0.05) is 29.8 Å². The van der Waals surface area contributed by atoms with Crippen LogP contribution in [0.2, 0.25) is 0 Å². The molecule has 1 amide bonds. The van der Waals surface area contributed by atoms with E-state index in [-0.39, 0.29) is 49.9 Å². The van der Waals surface area contributed by atoms with Gasteiger partial charge in [-0.25, -0.2) is 0 Å². The number of carboxylic acids is 2. The molecule has 0 aliphatic rings. The molecule has 0 spiro atoms. The third-order valence-corrected chi connectivity index (χ3v) is 4.10. The predicted octanol–water partition coefficient (Wildman–Crippen LogP) is -1.90. The number of rotatable bonds is 8. The quantitative estimate of drug-likeness (QED) is 0.400. The van der Waals surface area contributed by atoms with Gasteiger partial charge in [0.25, 0.3) is 0 Å². The van der Waals surface area contributed by atoms with Crippen molar-refractivity contribution in [3.63, 3.8) is 0 Å². The number of aromatic nitrogens is 1. The summed E-state index contributed by atoms with van der Waals surface area (Å²) in [5.74, 6) is -4.25. The molecule has 9 heteroatoms. The molecule has 0 aliphatic heterocycles. The maximum absolute atomic E-state index is 12.6. The van der Waals surface area contributed by atoms with E-state index in [1.165, 1.54) is 4.57 Å². The fourth-order valence-corrected chi connectivity index (χ4v) is 2.58. The van der Waals surface area contributed by atoms with Crippen molar-refractivity contribution in [2.45, 2.75) is 25.8 Å². The summed E-state index contributed by atoms with van der Waals surface area (Å²) < 4.78 is 1.54. The molecular weight excluding hydrogens is 392 g/mol. The number of hydrogen-bond acceptors (Lipinski definition) is 6. The third kappa shape index (κ3) is 6.19. The first-order valence-corrected chi connectivity index (χ1v) is 8.15. The van der Waals surface area contributed by atoms with Gasteiger partial charge < -0.3 is 29.7 Å². The maximum Gasteiger partial charge on any atom is 2.00 e. The molecule has 1 atom stereocenters. The van der Waals surface area contributed by atoms with E-state index in [1.54, 1.807) is 31.3 Å². The number of amides is 1. The van der Waals surface area contributed by atoms with Gasteiger partial charge in [-0.05, 0) is 19.1 Å². The van der Waals surface area contributed by atoms with Gasteiger partial charge in [0.1, 0.15) is 0 Å². The Hall–Kier alpha value is -2.16. The Morgan fingerprint density at radius 3 is 2.18 bits per heavy atom. The molecule has 2 rings (SSSR count). The van der Waals surface area contributed by atoms with E-state index in [0.717, 1.165) is 5.56 Å². The molecular formula is C19H18CaN2O6. The molecule has 2 aromatic rings. The minimum Gasteiger partial charge on any atom is -0.550 e. The number of aliphatic carboxylic acids is 2. The first-order valence-electron chi connectivity index (χ1n) is 8.15. The zero-order valence-corrected chi connectivity index (χ0v) is 17.8. The van der Waals surface area contributed by atoms with E-state index in [9.17, 15) is 29.4 Å². The van der Waals surface area contributed by atoms with E-state index in [0.29, 0.717) is 17.0 Å². The van der Waals surface area contributed by atoms with Crippen molar-refractivity contribution in [2.75, 3.05) is 0 Å². The monoisotopic (exact) mass is 410 g/mol. The molecule has 0 radical (unpaired) electrons. The van der Waals surface area contributed by atoms with Crippen LogP contribution >= 0.6 is 0 Å². The zero-order valence-electron chi connectivity index (χ0n) is 15.6. The van der Waals surface area contributed by atoms with Crippen molar-refractivity contribution in [3.05, 3.63) is 58.9 Å². The molecule has 0 bridgehead atoms. The average molecular weight is 410 g/mol. The van der Waals surface area contributed by atoms with E-state index in [4.69, 9.17) is 0 Å². The first kappa shape index (κ1) is 23.9. The number of nitrogens with zero attached hydrogens (tertiary/aromatic N) is 1. The fraction of sp³-hybridized carbons (Fsp3) is 0.263. The Labute approximate surface area is 191 Å². The summed E-state index contributed by atoms with van der Waals surface area (Å²) in [7, 11) is 1.61. The zero-order chi connectivity index (χ0) is 20.1. The summed E-state index contributed by atoms with van der Waals surface area (Å²) >= 11 is 0. The largest absolute Gasteiger partial charge is 2.00 e. The van der Waals surface area contributed by atoms with Crippen LogP contribution in [0.5, 0.6) is 0 Å². The van der Waals surface area contributed by atoms with Crippen molar-refractivity contribution in [2.24, 2.45) is 7.05 Å². The topological polar surface area (TPSA) is 131 Å². The van der Waals surface area contributed by atoms with Crippen molar-refractivity contribution < 1.29 is 29.4 Å². The van der Waals surface area contributed by atoms with Gasteiger partial charge in [0.05, 0.1) is 24.1 Å². The minimum atomic E-state index is -1.71. The number of aryl methyl sites for hydroxylation is 1. The van der Waals surface area contributed by atoms with Gasteiger partial charge in [-0.3, -0.25) is 9.59 Å². The van der Waals surface area contributed by atoms with Crippen LogP contribution in [0.4, 0.5) is 0 Å². The SMILES string of the molecule is Cc1ccc(C(=O)c2ccc(CC(=O)N[C@@H](CC(=O)[O-])C(=O)[O-])n2C)cc1.[Ca+2]. The molecule has 142 valence electrons. The molecule has 0 fully saturated rings. The van der Waals surface area contributed by atoms with Gasteiger partial charge in [0.2, 0.25) is 11.7 Å². The molecule has 0 aliphatic carbocycles. The Morgan fingerprint density at radius 2 is 1.64 bits per heavy atom. The number of carbonyl (C=O) groups excluding carboxylic acids is 4. The van der Waals surface area contributed by atoms with E-state index in [2.05, 4.69) is 5.32 Å². The molecule has 28 heavy (non-hydrogen) atoms. The summed E-state index contributed by atoms with van der Waals surface area (Å²) in [5.41, 5.74) is 2.36. The second kappa shape index (κ2) is 10.4. The van der Waals surface area contributed by atoms with Gasteiger partial charge in [0, 0.05) is 30.7 Å². The summed E-state index contributed by atoms with van der Waals surface area (Å²) in [6.07, 6.45) is -1.12. The Balaban J connectivity index is 0.00000392. The van der Waals surface area contributed by atoms with Crippen LogP contribution in [0.3, 0.4) is 0 Å². The molecule has 1 N–H and O–H groups in total. The summed E-state index contributed by atoms with van der Waals surface area (Å²) in [4.78, 5) is 46.1. The number of carbonyl (C=O) groups is 4. The van der Waals surface area contributed by atoms with Crippen LogP contribution < -0.4 is 15.5 Å². The first-order chi connectivity index (χ1) is 12.7. The number of nitrogens with one attached hydrogen (secondary N) is 1. The Morgan fingerprint density at radius 1 is 1.04 bits per heavy atom. The van der Waals surface area contributed by atoms with Crippen LogP contribution in [0.25, 0.3) is 0 Å².